The van der Waals surface area contributed by atoms with Crippen LogP contribution in [-0.2, 0) is 6.54 Å². The molecule has 0 atom stereocenters. The van der Waals surface area contributed by atoms with E-state index in [2.05, 4.69) is 34.1 Å². The molecule has 7 nitrogen and oxygen atoms in total. The number of benzene rings is 1. The molecule has 1 aliphatic heterocycles. The minimum absolute atomic E-state index is 0.229. The second kappa shape index (κ2) is 7.55. The molecule has 3 rings (SSSR count). The number of nitrogens with zero attached hydrogens (tertiary/aromatic N) is 4. The third-order valence-electron chi connectivity index (χ3n) is 3.85. The molecule has 1 aromatic carbocycles. The molecule has 134 valence electrons. The zero-order valence-electron chi connectivity index (χ0n) is 15.2. The summed E-state index contributed by atoms with van der Waals surface area (Å²) in [7, 11) is 3.84. The summed E-state index contributed by atoms with van der Waals surface area (Å²) in [4.78, 5) is 15.4. The minimum atomic E-state index is 0.229. The van der Waals surface area contributed by atoms with Crippen molar-refractivity contribution < 1.29 is 9.47 Å². The second-order valence-corrected chi connectivity index (χ2v) is 6.51. The van der Waals surface area contributed by atoms with Gasteiger partial charge in [-0.1, -0.05) is 26.0 Å². The zero-order valence-corrected chi connectivity index (χ0v) is 15.2. The van der Waals surface area contributed by atoms with Gasteiger partial charge in [0.1, 0.15) is 5.82 Å². The molecular formula is C18H25N5O2. The molecule has 1 aliphatic rings. The van der Waals surface area contributed by atoms with Gasteiger partial charge in [-0.3, -0.25) is 0 Å². The number of aromatic nitrogens is 3. The Bertz CT molecular complexity index is 707. The van der Waals surface area contributed by atoms with Gasteiger partial charge in [-0.25, -0.2) is 0 Å². The van der Waals surface area contributed by atoms with Crippen LogP contribution in [0.15, 0.2) is 18.2 Å². The fourth-order valence-corrected chi connectivity index (χ4v) is 2.49. The van der Waals surface area contributed by atoms with E-state index in [0.29, 0.717) is 31.7 Å². The first kappa shape index (κ1) is 17.3. The van der Waals surface area contributed by atoms with Crippen LogP contribution in [0, 0.1) is 0 Å². The van der Waals surface area contributed by atoms with Crippen molar-refractivity contribution in [3.05, 3.63) is 29.6 Å². The van der Waals surface area contributed by atoms with Crippen molar-refractivity contribution >= 4 is 11.9 Å². The van der Waals surface area contributed by atoms with E-state index in [1.54, 1.807) is 0 Å². The van der Waals surface area contributed by atoms with Gasteiger partial charge in [0.15, 0.2) is 11.5 Å². The molecule has 0 saturated carbocycles. The van der Waals surface area contributed by atoms with E-state index < -0.39 is 0 Å². The Labute approximate surface area is 148 Å². The predicted molar refractivity (Wildman–Crippen MR) is 97.6 cm³/mol. The Morgan fingerprint density at radius 3 is 2.68 bits per heavy atom. The van der Waals surface area contributed by atoms with Crippen LogP contribution in [-0.4, -0.2) is 42.3 Å². The molecular weight excluding hydrogens is 318 g/mol. The van der Waals surface area contributed by atoms with Crippen LogP contribution in [0.5, 0.6) is 11.5 Å². The van der Waals surface area contributed by atoms with Crippen LogP contribution in [0.25, 0.3) is 0 Å². The summed E-state index contributed by atoms with van der Waals surface area (Å²) in [5.74, 6) is 3.81. The van der Waals surface area contributed by atoms with E-state index in [0.717, 1.165) is 29.3 Å². The first-order valence-electron chi connectivity index (χ1n) is 8.59. The number of fused-ring (bicyclic) bond motifs is 1. The van der Waals surface area contributed by atoms with Gasteiger partial charge in [0.05, 0.1) is 13.2 Å². The van der Waals surface area contributed by atoms with Crippen molar-refractivity contribution in [1.82, 2.24) is 15.0 Å². The number of para-hydroxylation sites is 1. The van der Waals surface area contributed by atoms with Gasteiger partial charge < -0.3 is 19.7 Å². The minimum Gasteiger partial charge on any atom is -0.490 e. The third kappa shape index (κ3) is 4.10. The summed E-state index contributed by atoms with van der Waals surface area (Å²) in [6, 6.07) is 5.94. The number of nitrogens with one attached hydrogen (secondary N) is 1. The summed E-state index contributed by atoms with van der Waals surface area (Å²) in [6.45, 7) is 6.04. The average Bonchev–Trinajstić information content (AvgIpc) is 2.85. The molecule has 25 heavy (non-hydrogen) atoms. The lowest BCUT2D eigenvalue weighted by molar-refractivity contribution is 0.296. The molecule has 7 heteroatoms. The SMILES string of the molecule is CC(C)c1nc(NCc2cccc3c2OCCCO3)nc(N(C)C)n1. The molecule has 0 fully saturated rings. The van der Waals surface area contributed by atoms with Gasteiger partial charge in [0.25, 0.3) is 0 Å². The predicted octanol–water partition coefficient (Wildman–Crippen LogP) is 2.83. The first-order valence-corrected chi connectivity index (χ1v) is 8.59. The van der Waals surface area contributed by atoms with E-state index in [1.165, 1.54) is 0 Å². The lowest BCUT2D eigenvalue weighted by Crippen LogP contribution is -2.17. The van der Waals surface area contributed by atoms with E-state index in [9.17, 15) is 0 Å². The van der Waals surface area contributed by atoms with Crippen molar-refractivity contribution in [2.75, 3.05) is 37.5 Å². The molecule has 0 unspecified atom stereocenters. The first-order chi connectivity index (χ1) is 12.0. The largest absolute Gasteiger partial charge is 0.490 e. The van der Waals surface area contributed by atoms with Crippen LogP contribution < -0.4 is 19.7 Å². The van der Waals surface area contributed by atoms with Crippen molar-refractivity contribution in [3.8, 4) is 11.5 Å². The number of ether oxygens (including phenoxy) is 2. The maximum absolute atomic E-state index is 5.87. The van der Waals surface area contributed by atoms with Gasteiger partial charge in [-0.15, -0.1) is 0 Å². The van der Waals surface area contributed by atoms with Crippen molar-refractivity contribution in [1.29, 1.82) is 0 Å². The third-order valence-corrected chi connectivity index (χ3v) is 3.85. The molecule has 0 bridgehead atoms. The highest BCUT2D eigenvalue weighted by atomic mass is 16.5. The summed E-state index contributed by atoms with van der Waals surface area (Å²) in [5, 5.41) is 3.30. The quantitative estimate of drug-likeness (QED) is 0.895. The normalized spacial score (nSPS) is 13.5. The Morgan fingerprint density at radius 2 is 1.92 bits per heavy atom. The van der Waals surface area contributed by atoms with E-state index >= 15 is 0 Å². The van der Waals surface area contributed by atoms with Crippen molar-refractivity contribution in [2.45, 2.75) is 32.7 Å². The van der Waals surface area contributed by atoms with Crippen LogP contribution in [0.3, 0.4) is 0 Å². The molecule has 0 saturated heterocycles. The van der Waals surface area contributed by atoms with Gasteiger partial charge in [-0.05, 0) is 6.07 Å². The highest BCUT2D eigenvalue weighted by Crippen LogP contribution is 2.33. The highest BCUT2D eigenvalue weighted by Gasteiger charge is 2.15. The van der Waals surface area contributed by atoms with E-state index in [-0.39, 0.29) is 5.92 Å². The van der Waals surface area contributed by atoms with Crippen molar-refractivity contribution in [3.63, 3.8) is 0 Å². The molecule has 2 aromatic rings. The lowest BCUT2D eigenvalue weighted by atomic mass is 10.2. The maximum Gasteiger partial charge on any atom is 0.229 e. The smallest absolute Gasteiger partial charge is 0.229 e. The van der Waals surface area contributed by atoms with Gasteiger partial charge in [0, 0.05) is 38.5 Å². The van der Waals surface area contributed by atoms with Crippen LogP contribution >= 0.6 is 0 Å². The second-order valence-electron chi connectivity index (χ2n) is 6.51. The Balaban J connectivity index is 1.82. The Kier molecular flexibility index (Phi) is 5.21. The number of hydrogen-bond donors (Lipinski definition) is 1. The molecule has 0 aliphatic carbocycles. The summed E-state index contributed by atoms with van der Waals surface area (Å²) in [5.41, 5.74) is 1.03. The van der Waals surface area contributed by atoms with E-state index in [4.69, 9.17) is 9.47 Å². The fraction of sp³-hybridized carbons (Fsp3) is 0.500. The van der Waals surface area contributed by atoms with Crippen LogP contribution in [0.1, 0.15) is 37.6 Å². The number of hydrogen-bond acceptors (Lipinski definition) is 7. The molecule has 1 aromatic heterocycles. The lowest BCUT2D eigenvalue weighted by Gasteiger charge is -2.16. The molecule has 1 N–H and O–H groups in total. The van der Waals surface area contributed by atoms with E-state index in [1.807, 2.05) is 37.2 Å². The fourth-order valence-electron chi connectivity index (χ4n) is 2.49. The maximum atomic E-state index is 5.87. The topological polar surface area (TPSA) is 72.4 Å². The zero-order chi connectivity index (χ0) is 17.8. The Morgan fingerprint density at radius 1 is 1.12 bits per heavy atom. The number of rotatable bonds is 5. The van der Waals surface area contributed by atoms with Crippen LogP contribution in [0.2, 0.25) is 0 Å². The van der Waals surface area contributed by atoms with Crippen LogP contribution in [0.4, 0.5) is 11.9 Å². The molecule has 2 heterocycles. The standard InChI is InChI=1S/C18H25N5O2/c1-12(2)16-20-17(22-18(21-16)23(3)4)19-11-13-7-5-8-14-15(13)25-10-6-9-24-14/h5,7-8,12H,6,9-11H2,1-4H3,(H,19,20,21,22). The monoisotopic (exact) mass is 343 g/mol. The summed E-state index contributed by atoms with van der Waals surface area (Å²) < 4.78 is 11.6. The Hall–Kier alpha value is -2.57. The number of anilines is 2. The van der Waals surface area contributed by atoms with Crippen molar-refractivity contribution in [2.24, 2.45) is 0 Å². The van der Waals surface area contributed by atoms with Gasteiger partial charge >= 0.3 is 0 Å². The van der Waals surface area contributed by atoms with Gasteiger partial charge in [0.2, 0.25) is 11.9 Å². The summed E-state index contributed by atoms with van der Waals surface area (Å²) in [6.07, 6.45) is 0.888. The molecule has 0 spiro atoms. The molecule has 0 amide bonds. The highest BCUT2D eigenvalue weighted by molar-refractivity contribution is 5.48. The molecule has 0 radical (unpaired) electrons. The average molecular weight is 343 g/mol. The summed E-state index contributed by atoms with van der Waals surface area (Å²) >= 11 is 0. The van der Waals surface area contributed by atoms with Gasteiger partial charge in [-0.2, -0.15) is 15.0 Å².